The fraction of sp³-hybridized carbons (Fsp3) is 0.727. The molecule has 2 heterocycles. The van der Waals surface area contributed by atoms with Gasteiger partial charge in [-0.2, -0.15) is 0 Å². The third-order valence-corrected chi connectivity index (χ3v) is 3.06. The van der Waals surface area contributed by atoms with Gasteiger partial charge >= 0.3 is 5.97 Å². The SMILES string of the molecule is CCOC(=O)c1nc2n(n1)C(C(F)(F)CC)CC2. The zero-order chi connectivity index (χ0) is 13.3. The van der Waals surface area contributed by atoms with Gasteiger partial charge in [0.25, 0.3) is 11.7 Å². The number of aromatic nitrogens is 3. The highest BCUT2D eigenvalue weighted by Crippen LogP contribution is 2.39. The van der Waals surface area contributed by atoms with Crippen LogP contribution in [0, 0.1) is 0 Å². The highest BCUT2D eigenvalue weighted by Gasteiger charge is 2.44. The number of carbonyl (C=O) groups excluding carboxylic acids is 1. The van der Waals surface area contributed by atoms with Crippen molar-refractivity contribution in [1.82, 2.24) is 14.8 Å². The number of rotatable bonds is 4. The van der Waals surface area contributed by atoms with E-state index in [2.05, 4.69) is 10.1 Å². The van der Waals surface area contributed by atoms with Crippen LogP contribution in [0.5, 0.6) is 0 Å². The van der Waals surface area contributed by atoms with E-state index in [-0.39, 0.29) is 18.9 Å². The number of aryl methyl sites for hydroxylation is 1. The van der Waals surface area contributed by atoms with E-state index >= 15 is 0 Å². The summed E-state index contributed by atoms with van der Waals surface area (Å²) in [5.41, 5.74) is 0. The standard InChI is InChI=1S/C11H15F2N3O2/c1-3-11(12,13)7-5-6-8-14-9(15-16(7)8)10(17)18-4-2/h7H,3-6H2,1-2H3. The maximum atomic E-state index is 13.7. The van der Waals surface area contributed by atoms with Gasteiger partial charge in [0.05, 0.1) is 6.61 Å². The first-order valence-corrected chi connectivity index (χ1v) is 6.00. The molecule has 0 N–H and O–H groups in total. The molecule has 1 aromatic heterocycles. The molecule has 0 saturated carbocycles. The van der Waals surface area contributed by atoms with Crippen molar-refractivity contribution in [3.05, 3.63) is 11.6 Å². The largest absolute Gasteiger partial charge is 0.460 e. The number of alkyl halides is 2. The number of halogens is 2. The van der Waals surface area contributed by atoms with Crippen LogP contribution in [0.4, 0.5) is 8.78 Å². The van der Waals surface area contributed by atoms with Crippen molar-refractivity contribution in [3.63, 3.8) is 0 Å². The summed E-state index contributed by atoms with van der Waals surface area (Å²) in [6, 6.07) is -1.01. The van der Waals surface area contributed by atoms with Crippen LogP contribution in [0.3, 0.4) is 0 Å². The van der Waals surface area contributed by atoms with Crippen LogP contribution in [0.25, 0.3) is 0 Å². The summed E-state index contributed by atoms with van der Waals surface area (Å²) in [5.74, 6) is -3.21. The average molecular weight is 259 g/mol. The van der Waals surface area contributed by atoms with Gasteiger partial charge in [-0.25, -0.2) is 23.2 Å². The minimum absolute atomic E-state index is 0.136. The van der Waals surface area contributed by atoms with Crippen molar-refractivity contribution in [2.75, 3.05) is 6.61 Å². The first kappa shape index (κ1) is 12.9. The van der Waals surface area contributed by atoms with Gasteiger partial charge in [0, 0.05) is 12.8 Å². The lowest BCUT2D eigenvalue weighted by Gasteiger charge is -2.21. The smallest absolute Gasteiger partial charge is 0.378 e. The Bertz CT molecular complexity index is 459. The fourth-order valence-corrected chi connectivity index (χ4v) is 2.07. The molecule has 0 amide bonds. The number of carbonyl (C=O) groups is 1. The molecule has 0 spiro atoms. The second-order valence-electron chi connectivity index (χ2n) is 4.19. The molecule has 100 valence electrons. The van der Waals surface area contributed by atoms with Crippen LogP contribution in [0.15, 0.2) is 0 Å². The van der Waals surface area contributed by atoms with Crippen molar-refractivity contribution in [3.8, 4) is 0 Å². The van der Waals surface area contributed by atoms with E-state index in [1.54, 1.807) is 6.92 Å². The van der Waals surface area contributed by atoms with Crippen molar-refractivity contribution in [2.45, 2.75) is 45.1 Å². The third-order valence-electron chi connectivity index (χ3n) is 3.06. The summed E-state index contributed by atoms with van der Waals surface area (Å²) in [7, 11) is 0. The molecule has 0 aliphatic carbocycles. The summed E-state index contributed by atoms with van der Waals surface area (Å²) in [5, 5.41) is 3.86. The van der Waals surface area contributed by atoms with E-state index in [0.29, 0.717) is 18.7 Å². The Morgan fingerprint density at radius 2 is 2.28 bits per heavy atom. The van der Waals surface area contributed by atoms with Gasteiger partial charge in [0.1, 0.15) is 11.9 Å². The Labute approximate surface area is 103 Å². The maximum Gasteiger partial charge on any atom is 0.378 e. The predicted molar refractivity (Wildman–Crippen MR) is 58.6 cm³/mol. The van der Waals surface area contributed by atoms with E-state index in [9.17, 15) is 13.6 Å². The molecule has 1 atom stereocenters. The zero-order valence-corrected chi connectivity index (χ0v) is 10.3. The quantitative estimate of drug-likeness (QED) is 0.776. The van der Waals surface area contributed by atoms with Gasteiger partial charge in [-0.05, 0) is 13.3 Å². The van der Waals surface area contributed by atoms with Crippen molar-refractivity contribution < 1.29 is 18.3 Å². The Morgan fingerprint density at radius 1 is 1.56 bits per heavy atom. The molecule has 0 saturated heterocycles. The molecule has 2 rings (SSSR count). The molecule has 0 bridgehead atoms. The number of hydrogen-bond donors (Lipinski definition) is 0. The Morgan fingerprint density at radius 3 is 2.89 bits per heavy atom. The second-order valence-corrected chi connectivity index (χ2v) is 4.19. The van der Waals surface area contributed by atoms with Crippen LogP contribution < -0.4 is 0 Å². The van der Waals surface area contributed by atoms with Gasteiger partial charge < -0.3 is 4.74 Å². The Balaban J connectivity index is 2.26. The molecule has 0 fully saturated rings. The fourth-order valence-electron chi connectivity index (χ4n) is 2.07. The summed E-state index contributed by atoms with van der Waals surface area (Å²) >= 11 is 0. The minimum Gasteiger partial charge on any atom is -0.460 e. The van der Waals surface area contributed by atoms with Gasteiger partial charge in [-0.1, -0.05) is 6.92 Å². The van der Waals surface area contributed by atoms with Crippen molar-refractivity contribution >= 4 is 5.97 Å². The highest BCUT2D eigenvalue weighted by molar-refractivity contribution is 5.85. The first-order chi connectivity index (χ1) is 8.49. The monoisotopic (exact) mass is 259 g/mol. The maximum absolute atomic E-state index is 13.7. The predicted octanol–water partition coefficient (Wildman–Crippen LogP) is 1.99. The van der Waals surface area contributed by atoms with Crippen LogP contribution in [-0.4, -0.2) is 33.3 Å². The molecule has 1 unspecified atom stereocenters. The second kappa shape index (κ2) is 4.62. The molecule has 1 aliphatic rings. The zero-order valence-electron chi connectivity index (χ0n) is 10.3. The van der Waals surface area contributed by atoms with Gasteiger partial charge in [-0.3, -0.25) is 0 Å². The van der Waals surface area contributed by atoms with Gasteiger partial charge in [-0.15, -0.1) is 5.10 Å². The molecule has 1 aliphatic heterocycles. The van der Waals surface area contributed by atoms with E-state index in [0.717, 1.165) is 0 Å². The molecule has 5 nitrogen and oxygen atoms in total. The van der Waals surface area contributed by atoms with Crippen molar-refractivity contribution in [2.24, 2.45) is 0 Å². The van der Waals surface area contributed by atoms with Gasteiger partial charge in [0.15, 0.2) is 0 Å². The van der Waals surface area contributed by atoms with E-state index in [4.69, 9.17) is 4.74 Å². The van der Waals surface area contributed by atoms with E-state index in [1.165, 1.54) is 11.6 Å². The summed E-state index contributed by atoms with van der Waals surface area (Å²) < 4.78 is 33.3. The summed E-state index contributed by atoms with van der Waals surface area (Å²) in [4.78, 5) is 15.4. The molecular formula is C11H15F2N3O2. The van der Waals surface area contributed by atoms with Crippen LogP contribution in [0.1, 0.15) is 49.2 Å². The number of hydrogen-bond acceptors (Lipinski definition) is 4. The van der Waals surface area contributed by atoms with E-state index < -0.39 is 17.9 Å². The number of ether oxygens (including phenoxy) is 1. The molecule has 0 aromatic carbocycles. The van der Waals surface area contributed by atoms with Gasteiger partial charge in [0.2, 0.25) is 0 Å². The number of esters is 1. The lowest BCUT2D eigenvalue weighted by atomic mass is 10.1. The lowest BCUT2D eigenvalue weighted by molar-refractivity contribution is -0.0556. The van der Waals surface area contributed by atoms with E-state index in [1.807, 2.05) is 0 Å². The lowest BCUT2D eigenvalue weighted by Crippen LogP contribution is -2.28. The third kappa shape index (κ3) is 2.09. The molecule has 18 heavy (non-hydrogen) atoms. The Kier molecular flexibility index (Phi) is 3.32. The van der Waals surface area contributed by atoms with Crippen LogP contribution in [-0.2, 0) is 11.2 Å². The summed E-state index contributed by atoms with van der Waals surface area (Å²) in [6.07, 6.45) is 0.456. The van der Waals surface area contributed by atoms with Crippen LogP contribution in [0.2, 0.25) is 0 Å². The molecule has 0 radical (unpaired) electrons. The minimum atomic E-state index is -2.83. The van der Waals surface area contributed by atoms with Crippen LogP contribution >= 0.6 is 0 Å². The average Bonchev–Trinajstić information content (AvgIpc) is 2.88. The molecule has 7 heteroatoms. The summed E-state index contributed by atoms with van der Waals surface area (Å²) in [6.45, 7) is 3.30. The topological polar surface area (TPSA) is 57.0 Å². The number of fused-ring (bicyclic) bond motifs is 1. The molecular weight excluding hydrogens is 244 g/mol. The Hall–Kier alpha value is -1.53. The highest BCUT2D eigenvalue weighted by atomic mass is 19.3. The first-order valence-electron chi connectivity index (χ1n) is 6.00. The molecule has 1 aromatic rings. The number of nitrogens with zero attached hydrogens (tertiary/aromatic N) is 3. The van der Waals surface area contributed by atoms with Crippen molar-refractivity contribution in [1.29, 1.82) is 0 Å². The normalized spacial score (nSPS) is 18.8.